The first kappa shape index (κ1) is 18.0. The zero-order valence-corrected chi connectivity index (χ0v) is 15.2. The van der Waals surface area contributed by atoms with E-state index in [-0.39, 0.29) is 11.8 Å². The first-order chi connectivity index (χ1) is 12.6. The van der Waals surface area contributed by atoms with E-state index in [1.807, 2.05) is 24.3 Å². The normalized spacial score (nSPS) is 14.8. The highest BCUT2D eigenvalue weighted by Gasteiger charge is 2.22. The lowest BCUT2D eigenvalue weighted by Crippen LogP contribution is -2.35. The Labute approximate surface area is 154 Å². The van der Waals surface area contributed by atoms with E-state index >= 15 is 0 Å². The number of piperidine rings is 1. The van der Waals surface area contributed by atoms with Crippen LogP contribution in [0.1, 0.15) is 30.1 Å². The fourth-order valence-electron chi connectivity index (χ4n) is 3.27. The highest BCUT2D eigenvalue weighted by Crippen LogP contribution is 2.25. The summed E-state index contributed by atoms with van der Waals surface area (Å²) in [6, 6.07) is 14.9. The lowest BCUT2D eigenvalue weighted by Gasteiger charge is -2.32. The Kier molecular flexibility index (Phi) is 5.56. The quantitative estimate of drug-likeness (QED) is 0.890. The van der Waals surface area contributed by atoms with E-state index in [2.05, 4.69) is 10.2 Å². The molecule has 0 unspecified atom stereocenters. The van der Waals surface area contributed by atoms with Crippen molar-refractivity contribution in [2.75, 3.05) is 30.4 Å². The van der Waals surface area contributed by atoms with Gasteiger partial charge in [0.1, 0.15) is 11.5 Å². The second-order valence-corrected chi connectivity index (χ2v) is 6.60. The Morgan fingerprint density at radius 3 is 2.38 bits per heavy atom. The molecule has 1 fully saturated rings. The maximum Gasteiger partial charge on any atom is 0.255 e. The average Bonchev–Trinajstić information content (AvgIpc) is 2.68. The topological polar surface area (TPSA) is 58.6 Å². The van der Waals surface area contributed by atoms with Crippen LogP contribution in [0, 0.1) is 5.92 Å². The van der Waals surface area contributed by atoms with Gasteiger partial charge in [0.15, 0.2) is 0 Å². The monoisotopic (exact) mass is 352 g/mol. The van der Waals surface area contributed by atoms with Crippen LogP contribution in [0.15, 0.2) is 48.5 Å². The van der Waals surface area contributed by atoms with E-state index in [1.165, 1.54) is 0 Å². The fraction of sp³-hybridized carbons (Fsp3) is 0.333. The summed E-state index contributed by atoms with van der Waals surface area (Å²) in [5.41, 5.74) is 2.42. The SMILES string of the molecule is COc1cccc(C(=O)Nc2ccc(N3CCC(C(C)=O)CC3)cc2)c1. The van der Waals surface area contributed by atoms with Gasteiger partial charge in [-0.2, -0.15) is 0 Å². The molecule has 0 spiro atoms. The van der Waals surface area contributed by atoms with Crippen molar-refractivity contribution in [2.24, 2.45) is 5.92 Å². The molecule has 0 radical (unpaired) electrons. The van der Waals surface area contributed by atoms with E-state index in [4.69, 9.17) is 4.74 Å². The van der Waals surface area contributed by atoms with Crippen molar-refractivity contribution in [1.82, 2.24) is 0 Å². The van der Waals surface area contributed by atoms with Crippen molar-refractivity contribution >= 4 is 23.1 Å². The first-order valence-corrected chi connectivity index (χ1v) is 8.87. The summed E-state index contributed by atoms with van der Waals surface area (Å²) in [7, 11) is 1.58. The highest BCUT2D eigenvalue weighted by atomic mass is 16.5. The van der Waals surface area contributed by atoms with Crippen molar-refractivity contribution in [1.29, 1.82) is 0 Å². The van der Waals surface area contributed by atoms with Gasteiger partial charge < -0.3 is 15.0 Å². The molecule has 2 aromatic rings. The molecule has 1 heterocycles. The summed E-state index contributed by atoms with van der Waals surface area (Å²) in [5.74, 6) is 0.980. The van der Waals surface area contributed by atoms with Crippen molar-refractivity contribution in [3.05, 3.63) is 54.1 Å². The number of hydrogen-bond donors (Lipinski definition) is 1. The molecular weight excluding hydrogens is 328 g/mol. The van der Waals surface area contributed by atoms with Crippen LogP contribution in [0.4, 0.5) is 11.4 Å². The number of hydrogen-bond acceptors (Lipinski definition) is 4. The zero-order valence-electron chi connectivity index (χ0n) is 15.2. The van der Waals surface area contributed by atoms with Crippen LogP contribution in [0.3, 0.4) is 0 Å². The van der Waals surface area contributed by atoms with Crippen LogP contribution < -0.4 is 15.0 Å². The molecule has 0 aliphatic carbocycles. The molecule has 26 heavy (non-hydrogen) atoms. The van der Waals surface area contributed by atoms with Crippen molar-refractivity contribution in [3.8, 4) is 5.75 Å². The van der Waals surface area contributed by atoms with E-state index in [9.17, 15) is 9.59 Å². The third-order valence-electron chi connectivity index (χ3n) is 4.89. The minimum absolute atomic E-state index is 0.168. The summed E-state index contributed by atoms with van der Waals surface area (Å²) < 4.78 is 5.15. The van der Waals surface area contributed by atoms with Crippen LogP contribution >= 0.6 is 0 Å². The van der Waals surface area contributed by atoms with E-state index in [0.717, 1.165) is 37.3 Å². The van der Waals surface area contributed by atoms with Gasteiger partial charge in [0.25, 0.3) is 5.91 Å². The predicted octanol–water partition coefficient (Wildman–Crippen LogP) is 3.75. The summed E-state index contributed by atoms with van der Waals surface area (Å²) in [6.07, 6.45) is 1.81. The third kappa shape index (κ3) is 4.23. The van der Waals surface area contributed by atoms with Crippen molar-refractivity contribution < 1.29 is 14.3 Å². The Balaban J connectivity index is 1.61. The molecule has 5 heteroatoms. The molecular formula is C21H24N2O3. The van der Waals surface area contributed by atoms with Gasteiger partial charge in [-0.3, -0.25) is 9.59 Å². The van der Waals surface area contributed by atoms with Gasteiger partial charge in [-0.15, -0.1) is 0 Å². The van der Waals surface area contributed by atoms with Crippen LogP contribution in [0.2, 0.25) is 0 Å². The number of anilines is 2. The van der Waals surface area contributed by atoms with Gasteiger partial charge in [-0.25, -0.2) is 0 Å². The van der Waals surface area contributed by atoms with Gasteiger partial charge >= 0.3 is 0 Å². The van der Waals surface area contributed by atoms with Gasteiger partial charge in [0.05, 0.1) is 7.11 Å². The lowest BCUT2D eigenvalue weighted by atomic mass is 9.93. The second kappa shape index (κ2) is 8.04. The van der Waals surface area contributed by atoms with E-state index in [0.29, 0.717) is 17.1 Å². The Morgan fingerprint density at radius 1 is 1.08 bits per heavy atom. The minimum atomic E-state index is -0.168. The van der Waals surface area contributed by atoms with Crippen LogP contribution in [0.5, 0.6) is 5.75 Å². The molecule has 136 valence electrons. The molecule has 1 aliphatic rings. The summed E-state index contributed by atoms with van der Waals surface area (Å²) in [5, 5.41) is 2.90. The smallest absolute Gasteiger partial charge is 0.255 e. The van der Waals surface area contributed by atoms with Crippen molar-refractivity contribution in [3.63, 3.8) is 0 Å². The number of nitrogens with one attached hydrogen (secondary N) is 1. The molecule has 0 bridgehead atoms. The number of nitrogens with zero attached hydrogens (tertiary/aromatic N) is 1. The van der Waals surface area contributed by atoms with Crippen LogP contribution in [-0.4, -0.2) is 31.9 Å². The molecule has 1 amide bonds. The van der Waals surface area contributed by atoms with Crippen LogP contribution in [0.25, 0.3) is 0 Å². The molecule has 1 N–H and O–H groups in total. The molecule has 5 nitrogen and oxygen atoms in total. The minimum Gasteiger partial charge on any atom is -0.497 e. The van der Waals surface area contributed by atoms with Gasteiger partial charge in [-0.1, -0.05) is 6.07 Å². The molecule has 0 atom stereocenters. The molecule has 0 saturated carbocycles. The molecule has 0 aromatic heterocycles. The molecule has 1 aliphatic heterocycles. The Bertz CT molecular complexity index is 778. The largest absolute Gasteiger partial charge is 0.497 e. The number of amides is 1. The number of Topliss-reactive ketones (excluding diaryl/α,β-unsaturated/α-hetero) is 1. The van der Waals surface area contributed by atoms with Crippen molar-refractivity contribution in [2.45, 2.75) is 19.8 Å². The third-order valence-corrected chi connectivity index (χ3v) is 4.89. The average molecular weight is 352 g/mol. The number of carbonyl (C=O) groups excluding carboxylic acids is 2. The van der Waals surface area contributed by atoms with Gasteiger partial charge in [-0.05, 0) is 62.2 Å². The summed E-state index contributed by atoms with van der Waals surface area (Å²) in [6.45, 7) is 3.46. The van der Waals surface area contributed by atoms with Crippen LogP contribution in [-0.2, 0) is 4.79 Å². The Morgan fingerprint density at radius 2 is 1.77 bits per heavy atom. The second-order valence-electron chi connectivity index (χ2n) is 6.60. The molecule has 1 saturated heterocycles. The van der Waals surface area contributed by atoms with Gasteiger partial charge in [0, 0.05) is 35.9 Å². The number of ether oxygens (including phenoxy) is 1. The Hall–Kier alpha value is -2.82. The molecule has 2 aromatic carbocycles. The number of carbonyl (C=O) groups is 2. The highest BCUT2D eigenvalue weighted by molar-refractivity contribution is 6.04. The summed E-state index contributed by atoms with van der Waals surface area (Å²) >= 11 is 0. The number of benzene rings is 2. The van der Waals surface area contributed by atoms with E-state index < -0.39 is 0 Å². The number of methoxy groups -OCH3 is 1. The maximum absolute atomic E-state index is 12.4. The summed E-state index contributed by atoms with van der Waals surface area (Å²) in [4.78, 5) is 26.1. The van der Waals surface area contributed by atoms with Gasteiger partial charge in [0.2, 0.25) is 0 Å². The lowest BCUT2D eigenvalue weighted by molar-refractivity contribution is -0.121. The number of rotatable bonds is 5. The first-order valence-electron chi connectivity index (χ1n) is 8.87. The predicted molar refractivity (Wildman–Crippen MR) is 103 cm³/mol. The zero-order chi connectivity index (χ0) is 18.5. The fourth-order valence-corrected chi connectivity index (χ4v) is 3.27. The number of ketones is 1. The molecule has 3 rings (SSSR count). The maximum atomic E-state index is 12.4. The van der Waals surface area contributed by atoms with E-state index in [1.54, 1.807) is 38.3 Å². The standard InChI is InChI=1S/C21H24N2O3/c1-15(24)16-10-12-23(13-11-16)19-8-6-18(7-9-19)22-21(25)17-4-3-5-20(14-17)26-2/h3-9,14,16H,10-13H2,1-2H3,(H,22,25).